The van der Waals surface area contributed by atoms with Crippen LogP contribution in [0, 0.1) is 31.1 Å². The van der Waals surface area contributed by atoms with Crippen molar-refractivity contribution in [3.8, 4) is 6.07 Å². The van der Waals surface area contributed by atoms with Gasteiger partial charge in [-0.2, -0.15) is 10.4 Å². The monoisotopic (exact) mass is 245 g/mol. The lowest BCUT2D eigenvalue weighted by molar-refractivity contribution is 0.389. The second-order valence-electron chi connectivity index (χ2n) is 4.82. The summed E-state index contributed by atoms with van der Waals surface area (Å²) in [6.07, 6.45) is 2.35. The standard InChI is InChI=1S/C13H19N5/c1-9-10(2)17-18-13(12(9)7-14)16-8-11-3-5-15-6-4-11/h11,15H,3-6,8H2,1-2H3,(H,16,18). The summed E-state index contributed by atoms with van der Waals surface area (Å²) in [5, 5.41) is 24.0. The third-order valence-corrected chi connectivity index (χ3v) is 3.58. The number of aryl methyl sites for hydroxylation is 1. The minimum atomic E-state index is 0.622. The maximum atomic E-state index is 9.19. The highest BCUT2D eigenvalue weighted by atomic mass is 15.2. The Kier molecular flexibility index (Phi) is 4.11. The van der Waals surface area contributed by atoms with Crippen LogP contribution in [0.3, 0.4) is 0 Å². The van der Waals surface area contributed by atoms with Crippen LogP contribution >= 0.6 is 0 Å². The first kappa shape index (κ1) is 12.8. The molecule has 96 valence electrons. The molecule has 5 heteroatoms. The van der Waals surface area contributed by atoms with E-state index < -0.39 is 0 Å². The highest BCUT2D eigenvalue weighted by Gasteiger charge is 2.15. The molecule has 1 aromatic heterocycles. The Balaban J connectivity index is 2.05. The molecule has 1 aromatic rings. The van der Waals surface area contributed by atoms with E-state index in [9.17, 15) is 5.26 Å². The summed E-state index contributed by atoms with van der Waals surface area (Å²) in [7, 11) is 0. The van der Waals surface area contributed by atoms with E-state index in [2.05, 4.69) is 26.9 Å². The van der Waals surface area contributed by atoms with E-state index in [0.29, 0.717) is 17.3 Å². The number of anilines is 1. The molecule has 0 amide bonds. The van der Waals surface area contributed by atoms with Gasteiger partial charge < -0.3 is 10.6 Å². The van der Waals surface area contributed by atoms with Crippen LogP contribution in [-0.2, 0) is 0 Å². The van der Waals surface area contributed by atoms with Crippen LogP contribution in [0.25, 0.3) is 0 Å². The van der Waals surface area contributed by atoms with Crippen LogP contribution in [0.5, 0.6) is 0 Å². The molecule has 0 bridgehead atoms. The second kappa shape index (κ2) is 5.78. The summed E-state index contributed by atoms with van der Waals surface area (Å²) >= 11 is 0. The van der Waals surface area contributed by atoms with Gasteiger partial charge >= 0.3 is 0 Å². The summed E-state index contributed by atoms with van der Waals surface area (Å²) in [4.78, 5) is 0. The lowest BCUT2D eigenvalue weighted by Gasteiger charge is -2.23. The summed E-state index contributed by atoms with van der Waals surface area (Å²) < 4.78 is 0. The van der Waals surface area contributed by atoms with Gasteiger partial charge in [0, 0.05) is 6.54 Å². The van der Waals surface area contributed by atoms with Crippen molar-refractivity contribution < 1.29 is 0 Å². The Morgan fingerprint density at radius 2 is 2.06 bits per heavy atom. The zero-order valence-corrected chi connectivity index (χ0v) is 11.0. The largest absolute Gasteiger partial charge is 0.367 e. The zero-order chi connectivity index (χ0) is 13.0. The van der Waals surface area contributed by atoms with Crippen LogP contribution in [-0.4, -0.2) is 29.8 Å². The minimum absolute atomic E-state index is 0.622. The van der Waals surface area contributed by atoms with E-state index >= 15 is 0 Å². The molecule has 1 aliphatic rings. The molecule has 2 N–H and O–H groups in total. The van der Waals surface area contributed by atoms with Crippen LogP contribution in [0.4, 0.5) is 5.82 Å². The van der Waals surface area contributed by atoms with Gasteiger partial charge in [0.2, 0.25) is 0 Å². The maximum absolute atomic E-state index is 9.19. The summed E-state index contributed by atoms with van der Waals surface area (Å²) in [5.74, 6) is 1.28. The van der Waals surface area contributed by atoms with E-state index in [1.807, 2.05) is 13.8 Å². The fraction of sp³-hybridized carbons (Fsp3) is 0.615. The number of nitriles is 1. The smallest absolute Gasteiger partial charge is 0.166 e. The van der Waals surface area contributed by atoms with Crippen LogP contribution in [0.2, 0.25) is 0 Å². The molecule has 0 radical (unpaired) electrons. The highest BCUT2D eigenvalue weighted by molar-refractivity contribution is 5.55. The average molecular weight is 245 g/mol. The molecule has 0 spiro atoms. The van der Waals surface area contributed by atoms with Crippen molar-refractivity contribution in [3.05, 3.63) is 16.8 Å². The fourth-order valence-electron chi connectivity index (χ4n) is 2.20. The number of nitrogens with zero attached hydrogens (tertiary/aromatic N) is 3. The number of hydrogen-bond donors (Lipinski definition) is 2. The molecule has 1 saturated heterocycles. The van der Waals surface area contributed by atoms with E-state index in [1.165, 1.54) is 12.8 Å². The van der Waals surface area contributed by atoms with Crippen molar-refractivity contribution in [2.24, 2.45) is 5.92 Å². The molecular formula is C13H19N5. The van der Waals surface area contributed by atoms with Gasteiger partial charge in [0.1, 0.15) is 11.6 Å². The second-order valence-corrected chi connectivity index (χ2v) is 4.82. The van der Waals surface area contributed by atoms with Crippen molar-refractivity contribution in [1.82, 2.24) is 15.5 Å². The quantitative estimate of drug-likeness (QED) is 0.841. The minimum Gasteiger partial charge on any atom is -0.367 e. The lowest BCUT2D eigenvalue weighted by Crippen LogP contribution is -2.31. The number of piperidine rings is 1. The molecule has 1 aliphatic heterocycles. The molecule has 0 unspecified atom stereocenters. The first-order chi connectivity index (χ1) is 8.72. The molecule has 0 aliphatic carbocycles. The summed E-state index contributed by atoms with van der Waals surface area (Å²) in [5.41, 5.74) is 2.36. The molecule has 2 rings (SSSR count). The SMILES string of the molecule is Cc1nnc(NCC2CCNCC2)c(C#N)c1C. The molecule has 0 saturated carbocycles. The lowest BCUT2D eigenvalue weighted by atomic mass is 9.98. The van der Waals surface area contributed by atoms with Gasteiger partial charge in [-0.1, -0.05) is 0 Å². The number of aromatic nitrogens is 2. The third-order valence-electron chi connectivity index (χ3n) is 3.58. The van der Waals surface area contributed by atoms with E-state index in [1.54, 1.807) is 0 Å². The van der Waals surface area contributed by atoms with Gasteiger partial charge in [0.25, 0.3) is 0 Å². The molecule has 18 heavy (non-hydrogen) atoms. The summed E-state index contributed by atoms with van der Waals surface area (Å²) in [6, 6.07) is 2.22. The Morgan fingerprint density at radius 1 is 1.33 bits per heavy atom. The van der Waals surface area contributed by atoms with Gasteiger partial charge in [0.15, 0.2) is 5.82 Å². The average Bonchev–Trinajstić information content (AvgIpc) is 2.41. The van der Waals surface area contributed by atoms with Crippen molar-refractivity contribution >= 4 is 5.82 Å². The van der Waals surface area contributed by atoms with Gasteiger partial charge in [0.05, 0.1) is 5.69 Å². The van der Waals surface area contributed by atoms with Crippen LogP contribution in [0.15, 0.2) is 0 Å². The third kappa shape index (κ3) is 2.77. The van der Waals surface area contributed by atoms with E-state index in [-0.39, 0.29) is 0 Å². The van der Waals surface area contributed by atoms with Crippen LogP contribution in [0.1, 0.15) is 29.7 Å². The fourth-order valence-corrected chi connectivity index (χ4v) is 2.20. The van der Waals surface area contributed by atoms with Crippen molar-refractivity contribution in [1.29, 1.82) is 5.26 Å². The normalized spacial score (nSPS) is 16.3. The maximum Gasteiger partial charge on any atom is 0.166 e. The van der Waals surface area contributed by atoms with Gasteiger partial charge in [-0.25, -0.2) is 0 Å². The molecule has 0 aromatic carbocycles. The van der Waals surface area contributed by atoms with Crippen molar-refractivity contribution in [2.75, 3.05) is 25.0 Å². The first-order valence-corrected chi connectivity index (χ1v) is 6.41. The number of rotatable bonds is 3. The van der Waals surface area contributed by atoms with Crippen LogP contribution < -0.4 is 10.6 Å². The number of nitrogens with one attached hydrogen (secondary N) is 2. The zero-order valence-electron chi connectivity index (χ0n) is 11.0. The molecule has 2 heterocycles. The van der Waals surface area contributed by atoms with Gasteiger partial charge in [-0.05, 0) is 51.3 Å². The van der Waals surface area contributed by atoms with Crippen molar-refractivity contribution in [3.63, 3.8) is 0 Å². The first-order valence-electron chi connectivity index (χ1n) is 6.41. The predicted octanol–water partition coefficient (Wildman–Crippen LogP) is 1.38. The van der Waals surface area contributed by atoms with Gasteiger partial charge in [-0.3, -0.25) is 0 Å². The topological polar surface area (TPSA) is 73.6 Å². The molecular weight excluding hydrogens is 226 g/mol. The molecule has 5 nitrogen and oxygen atoms in total. The predicted molar refractivity (Wildman–Crippen MR) is 70.3 cm³/mol. The Hall–Kier alpha value is -1.67. The Morgan fingerprint density at radius 3 is 2.72 bits per heavy atom. The molecule has 1 fully saturated rings. The van der Waals surface area contributed by atoms with E-state index in [0.717, 1.165) is 30.9 Å². The van der Waals surface area contributed by atoms with Gasteiger partial charge in [-0.15, -0.1) is 5.10 Å². The van der Waals surface area contributed by atoms with E-state index in [4.69, 9.17) is 0 Å². The number of hydrogen-bond acceptors (Lipinski definition) is 5. The summed E-state index contributed by atoms with van der Waals surface area (Å²) in [6.45, 7) is 6.82. The Labute approximate surface area is 108 Å². The Bertz CT molecular complexity index is 457. The molecule has 0 atom stereocenters. The highest BCUT2D eigenvalue weighted by Crippen LogP contribution is 2.18. The van der Waals surface area contributed by atoms with Crippen molar-refractivity contribution in [2.45, 2.75) is 26.7 Å².